The predicted molar refractivity (Wildman–Crippen MR) is 136 cm³/mol. The fourth-order valence-electron chi connectivity index (χ4n) is 4.67. The first-order valence-electron chi connectivity index (χ1n) is 11.6. The zero-order chi connectivity index (χ0) is 24.2. The first-order valence-corrected chi connectivity index (χ1v) is 11.6. The van der Waals surface area contributed by atoms with Gasteiger partial charge in [0.15, 0.2) is 0 Å². The number of nitrogens with zero attached hydrogens (tertiary/aromatic N) is 3. The van der Waals surface area contributed by atoms with Crippen molar-refractivity contribution < 1.29 is 9.59 Å². The molecule has 0 bridgehead atoms. The summed E-state index contributed by atoms with van der Waals surface area (Å²) in [6.07, 6.45) is 5.28. The van der Waals surface area contributed by atoms with Gasteiger partial charge in [-0.3, -0.25) is 9.59 Å². The average molecular weight is 457 g/mol. The minimum atomic E-state index is -0.107. The molecule has 2 amide bonds. The summed E-state index contributed by atoms with van der Waals surface area (Å²) in [5, 5.41) is 4.01. The molecule has 6 nitrogen and oxygen atoms in total. The Morgan fingerprint density at radius 1 is 0.971 bits per heavy atom. The zero-order valence-corrected chi connectivity index (χ0v) is 20.3. The Morgan fingerprint density at radius 3 is 2.44 bits per heavy atom. The standard InChI is InChI=1S/C28H32N4O2/c1-20-19-31(3)24-13-8-12-23(26(20)24)28(34)32(4)22(18-21-10-6-5-7-11-21)15-16-29-27(33)25-14-9-17-30(25)2/h5-14,17,19,22H,15-16,18H2,1-4H3,(H,29,33)/t22-/m1/s1. The number of benzene rings is 2. The van der Waals surface area contributed by atoms with Crippen LogP contribution >= 0.6 is 0 Å². The average Bonchev–Trinajstić information content (AvgIpc) is 3.40. The second-order valence-electron chi connectivity index (χ2n) is 8.93. The monoisotopic (exact) mass is 456 g/mol. The molecule has 0 saturated carbocycles. The van der Waals surface area contributed by atoms with Crippen molar-refractivity contribution in [3.8, 4) is 0 Å². The van der Waals surface area contributed by atoms with E-state index in [9.17, 15) is 9.59 Å². The van der Waals surface area contributed by atoms with Gasteiger partial charge < -0.3 is 19.4 Å². The maximum absolute atomic E-state index is 13.7. The van der Waals surface area contributed by atoms with Gasteiger partial charge in [0.1, 0.15) is 5.69 Å². The van der Waals surface area contributed by atoms with Gasteiger partial charge in [0, 0.05) is 62.6 Å². The van der Waals surface area contributed by atoms with Crippen LogP contribution < -0.4 is 5.32 Å². The Morgan fingerprint density at radius 2 is 1.74 bits per heavy atom. The first-order chi connectivity index (χ1) is 16.4. The van der Waals surface area contributed by atoms with Gasteiger partial charge in [0.25, 0.3) is 11.8 Å². The van der Waals surface area contributed by atoms with Crippen LogP contribution in [0.25, 0.3) is 10.9 Å². The normalized spacial score (nSPS) is 12.0. The maximum atomic E-state index is 13.7. The molecule has 1 atom stereocenters. The second-order valence-corrected chi connectivity index (χ2v) is 8.93. The minimum Gasteiger partial charge on any atom is -0.351 e. The molecule has 4 aromatic rings. The largest absolute Gasteiger partial charge is 0.351 e. The van der Waals surface area contributed by atoms with E-state index in [0.29, 0.717) is 30.6 Å². The van der Waals surface area contributed by atoms with Crippen LogP contribution in [0.5, 0.6) is 0 Å². The predicted octanol–water partition coefficient (Wildman–Crippen LogP) is 4.33. The number of fused-ring (bicyclic) bond motifs is 1. The lowest BCUT2D eigenvalue weighted by atomic mass is 10.00. The molecule has 176 valence electrons. The van der Waals surface area contributed by atoms with Crippen molar-refractivity contribution in [2.75, 3.05) is 13.6 Å². The van der Waals surface area contributed by atoms with Crippen molar-refractivity contribution in [1.29, 1.82) is 0 Å². The van der Waals surface area contributed by atoms with Gasteiger partial charge in [-0.2, -0.15) is 0 Å². The summed E-state index contributed by atoms with van der Waals surface area (Å²) in [7, 11) is 5.72. The van der Waals surface area contributed by atoms with Gasteiger partial charge in [-0.25, -0.2) is 0 Å². The molecule has 0 fully saturated rings. The third kappa shape index (κ3) is 4.76. The number of likely N-dealkylation sites (N-methyl/N-ethyl adjacent to an activating group) is 1. The van der Waals surface area contributed by atoms with E-state index in [1.807, 2.05) is 81.6 Å². The van der Waals surface area contributed by atoms with Crippen molar-refractivity contribution in [3.63, 3.8) is 0 Å². The van der Waals surface area contributed by atoms with Crippen molar-refractivity contribution in [2.24, 2.45) is 14.1 Å². The van der Waals surface area contributed by atoms with Gasteiger partial charge in [-0.15, -0.1) is 0 Å². The molecule has 6 heteroatoms. The Hall–Kier alpha value is -3.80. The number of carbonyl (C=O) groups excluding carboxylic acids is 2. The van der Waals surface area contributed by atoms with E-state index in [-0.39, 0.29) is 17.9 Å². The third-order valence-corrected chi connectivity index (χ3v) is 6.56. The highest BCUT2D eigenvalue weighted by Crippen LogP contribution is 2.26. The molecule has 0 unspecified atom stereocenters. The number of hydrogen-bond acceptors (Lipinski definition) is 2. The first kappa shape index (κ1) is 23.4. The highest BCUT2D eigenvalue weighted by Gasteiger charge is 2.24. The fraction of sp³-hybridized carbons (Fsp3) is 0.286. The molecule has 0 spiro atoms. The van der Waals surface area contributed by atoms with E-state index in [2.05, 4.69) is 28.2 Å². The number of carbonyl (C=O) groups is 2. The summed E-state index contributed by atoms with van der Waals surface area (Å²) in [5.41, 5.74) is 4.63. The van der Waals surface area contributed by atoms with Crippen molar-refractivity contribution >= 4 is 22.7 Å². The smallest absolute Gasteiger partial charge is 0.267 e. The molecule has 0 aliphatic rings. The lowest BCUT2D eigenvalue weighted by Gasteiger charge is -2.29. The molecule has 0 aliphatic heterocycles. The summed E-state index contributed by atoms with van der Waals surface area (Å²) in [6.45, 7) is 2.52. The highest BCUT2D eigenvalue weighted by molar-refractivity contribution is 6.07. The summed E-state index contributed by atoms with van der Waals surface area (Å²) in [6, 6.07) is 19.7. The van der Waals surface area contributed by atoms with E-state index in [1.54, 1.807) is 10.6 Å². The van der Waals surface area contributed by atoms with E-state index >= 15 is 0 Å². The van der Waals surface area contributed by atoms with Crippen LogP contribution in [0.4, 0.5) is 0 Å². The Bertz CT molecular complexity index is 1300. The second kappa shape index (κ2) is 10.00. The summed E-state index contributed by atoms with van der Waals surface area (Å²) < 4.78 is 3.86. The summed E-state index contributed by atoms with van der Waals surface area (Å²) >= 11 is 0. The molecular formula is C28H32N4O2. The molecule has 2 heterocycles. The molecule has 0 radical (unpaired) electrons. The minimum absolute atomic E-state index is 0.00501. The number of nitrogens with one attached hydrogen (secondary N) is 1. The van der Waals surface area contributed by atoms with E-state index in [1.165, 1.54) is 0 Å². The van der Waals surface area contributed by atoms with Gasteiger partial charge in [0.2, 0.25) is 0 Å². The molecule has 34 heavy (non-hydrogen) atoms. The molecule has 2 aromatic carbocycles. The van der Waals surface area contributed by atoms with Crippen molar-refractivity contribution in [3.05, 3.63) is 95.4 Å². The van der Waals surface area contributed by atoms with Gasteiger partial charge >= 0.3 is 0 Å². The van der Waals surface area contributed by atoms with E-state index < -0.39 is 0 Å². The van der Waals surface area contributed by atoms with Crippen LogP contribution in [0, 0.1) is 6.92 Å². The maximum Gasteiger partial charge on any atom is 0.267 e. The van der Waals surface area contributed by atoms with E-state index in [4.69, 9.17) is 0 Å². The van der Waals surface area contributed by atoms with Crippen LogP contribution in [0.2, 0.25) is 0 Å². The lowest BCUT2D eigenvalue weighted by Crippen LogP contribution is -2.41. The number of amides is 2. The van der Waals surface area contributed by atoms with Gasteiger partial charge in [0.05, 0.1) is 0 Å². The Balaban J connectivity index is 1.55. The molecule has 0 saturated heterocycles. The molecule has 0 aliphatic carbocycles. The van der Waals surface area contributed by atoms with Crippen LogP contribution in [0.3, 0.4) is 0 Å². The third-order valence-electron chi connectivity index (χ3n) is 6.56. The van der Waals surface area contributed by atoms with E-state index in [0.717, 1.165) is 22.0 Å². The fourth-order valence-corrected chi connectivity index (χ4v) is 4.67. The van der Waals surface area contributed by atoms with Gasteiger partial charge in [-0.1, -0.05) is 36.4 Å². The van der Waals surface area contributed by atoms with Crippen LogP contribution in [-0.2, 0) is 20.5 Å². The van der Waals surface area contributed by atoms with Crippen molar-refractivity contribution in [1.82, 2.24) is 19.4 Å². The summed E-state index contributed by atoms with van der Waals surface area (Å²) in [4.78, 5) is 28.1. The molecule has 2 aromatic heterocycles. The van der Waals surface area contributed by atoms with Crippen molar-refractivity contribution in [2.45, 2.75) is 25.8 Å². The number of aryl methyl sites for hydroxylation is 3. The topological polar surface area (TPSA) is 59.3 Å². The molecular weight excluding hydrogens is 424 g/mol. The van der Waals surface area contributed by atoms with Crippen LogP contribution in [0.1, 0.15) is 38.4 Å². The highest BCUT2D eigenvalue weighted by atomic mass is 16.2. The molecule has 1 N–H and O–H groups in total. The van der Waals surface area contributed by atoms with Crippen LogP contribution in [0.15, 0.2) is 73.1 Å². The molecule has 4 rings (SSSR count). The quantitative estimate of drug-likeness (QED) is 0.429. The Kier molecular flexibility index (Phi) is 6.87. The van der Waals surface area contributed by atoms with Crippen LogP contribution in [-0.4, -0.2) is 45.5 Å². The lowest BCUT2D eigenvalue weighted by molar-refractivity contribution is 0.0724. The number of aromatic nitrogens is 2. The SMILES string of the molecule is Cc1cn(C)c2cccc(C(=O)N(C)[C@H](CCNC(=O)c3cccn3C)Cc3ccccc3)c12. The Labute approximate surface area is 200 Å². The summed E-state index contributed by atoms with van der Waals surface area (Å²) in [5.74, 6) is -0.112. The number of hydrogen-bond donors (Lipinski definition) is 1. The van der Waals surface area contributed by atoms with Gasteiger partial charge in [-0.05, 0) is 55.2 Å². The number of rotatable bonds is 8. The zero-order valence-electron chi connectivity index (χ0n) is 20.3.